The second kappa shape index (κ2) is 8.49. The molecule has 0 unspecified atom stereocenters. The lowest BCUT2D eigenvalue weighted by atomic mass is 10.1. The summed E-state index contributed by atoms with van der Waals surface area (Å²) in [7, 11) is 1.60. The summed E-state index contributed by atoms with van der Waals surface area (Å²) in [4.78, 5) is 12.3. The molecule has 3 aromatic rings. The van der Waals surface area contributed by atoms with Crippen molar-refractivity contribution >= 4 is 16.9 Å². The Kier molecular flexibility index (Phi) is 5.86. The quantitative estimate of drug-likeness (QED) is 0.433. The van der Waals surface area contributed by atoms with Gasteiger partial charge in [0.25, 0.3) is 0 Å². The molecule has 2 aromatic carbocycles. The van der Waals surface area contributed by atoms with E-state index in [2.05, 4.69) is 0 Å². The molecule has 142 valence electrons. The molecular formula is C21H22O6. The fourth-order valence-electron chi connectivity index (χ4n) is 2.68. The van der Waals surface area contributed by atoms with E-state index in [4.69, 9.17) is 23.4 Å². The first-order chi connectivity index (χ1) is 13.1. The van der Waals surface area contributed by atoms with Gasteiger partial charge in [-0.1, -0.05) is 0 Å². The second-order valence-electron chi connectivity index (χ2n) is 5.81. The van der Waals surface area contributed by atoms with Crippen molar-refractivity contribution < 1.29 is 28.2 Å². The summed E-state index contributed by atoms with van der Waals surface area (Å²) in [5.74, 6) is 1.85. The maximum atomic E-state index is 12.3. The predicted octanol–water partition coefficient (Wildman–Crippen LogP) is 4.38. The number of carbonyl (C=O) groups is 1. The monoisotopic (exact) mass is 370 g/mol. The number of esters is 1. The topological polar surface area (TPSA) is 67.1 Å². The summed E-state index contributed by atoms with van der Waals surface area (Å²) in [6.07, 6.45) is 0. The highest BCUT2D eigenvalue weighted by Gasteiger charge is 2.19. The number of methoxy groups -OCH3 is 1. The number of furan rings is 1. The van der Waals surface area contributed by atoms with E-state index in [9.17, 15) is 4.79 Å². The van der Waals surface area contributed by atoms with Gasteiger partial charge in [0.15, 0.2) is 0 Å². The van der Waals surface area contributed by atoms with Gasteiger partial charge in [-0.25, -0.2) is 4.79 Å². The number of carbonyl (C=O) groups excluding carboxylic acids is 1. The first kappa shape index (κ1) is 18.6. The molecule has 0 aliphatic rings. The molecule has 0 aliphatic heterocycles. The average molecular weight is 370 g/mol. The highest BCUT2D eigenvalue weighted by Crippen LogP contribution is 2.29. The highest BCUT2D eigenvalue weighted by molar-refractivity contribution is 5.96. The number of rotatable bonds is 8. The zero-order chi connectivity index (χ0) is 19.2. The van der Waals surface area contributed by atoms with Crippen LogP contribution < -0.4 is 14.2 Å². The summed E-state index contributed by atoms with van der Waals surface area (Å²) in [5.41, 5.74) is 1.35. The van der Waals surface area contributed by atoms with Crippen molar-refractivity contribution in [3.63, 3.8) is 0 Å². The van der Waals surface area contributed by atoms with Crippen LogP contribution in [0.4, 0.5) is 0 Å². The Bertz CT molecular complexity index is 910. The van der Waals surface area contributed by atoms with E-state index in [0.29, 0.717) is 17.9 Å². The van der Waals surface area contributed by atoms with E-state index in [0.717, 1.165) is 22.4 Å². The van der Waals surface area contributed by atoms with Gasteiger partial charge in [0.05, 0.1) is 13.7 Å². The van der Waals surface area contributed by atoms with Gasteiger partial charge in [-0.2, -0.15) is 0 Å². The molecule has 0 fully saturated rings. The Morgan fingerprint density at radius 1 is 0.963 bits per heavy atom. The van der Waals surface area contributed by atoms with Crippen LogP contribution in [-0.2, 0) is 4.74 Å². The Balaban J connectivity index is 1.58. The van der Waals surface area contributed by atoms with Crippen molar-refractivity contribution in [3.8, 4) is 17.2 Å². The number of hydrogen-bond donors (Lipinski definition) is 0. The van der Waals surface area contributed by atoms with Gasteiger partial charge in [-0.3, -0.25) is 0 Å². The summed E-state index contributed by atoms with van der Waals surface area (Å²) in [5, 5.41) is 0.836. The standard InChI is InChI=1S/C21H22O6/c1-4-24-17-9-10-19-18(13-17)14(2)20(27-19)21(22)26-12-11-25-16-7-5-15(23-3)6-8-16/h5-10,13H,4,11-12H2,1-3H3. The molecule has 0 radical (unpaired) electrons. The van der Waals surface area contributed by atoms with E-state index in [-0.39, 0.29) is 19.0 Å². The smallest absolute Gasteiger partial charge is 0.374 e. The molecule has 0 N–H and O–H groups in total. The molecule has 6 heteroatoms. The lowest BCUT2D eigenvalue weighted by Crippen LogP contribution is -2.12. The zero-order valence-electron chi connectivity index (χ0n) is 15.6. The van der Waals surface area contributed by atoms with Gasteiger partial charge >= 0.3 is 5.97 Å². The van der Waals surface area contributed by atoms with Crippen molar-refractivity contribution in [3.05, 3.63) is 53.8 Å². The third-order valence-corrected chi connectivity index (χ3v) is 4.05. The fraction of sp³-hybridized carbons (Fsp3) is 0.286. The molecule has 1 heterocycles. The Morgan fingerprint density at radius 2 is 1.67 bits per heavy atom. The van der Waals surface area contributed by atoms with Crippen LogP contribution >= 0.6 is 0 Å². The van der Waals surface area contributed by atoms with E-state index < -0.39 is 5.97 Å². The molecular weight excluding hydrogens is 348 g/mol. The molecule has 1 aromatic heterocycles. The van der Waals surface area contributed by atoms with Crippen LogP contribution in [0, 0.1) is 6.92 Å². The van der Waals surface area contributed by atoms with Gasteiger partial charge < -0.3 is 23.4 Å². The molecule has 27 heavy (non-hydrogen) atoms. The first-order valence-electron chi connectivity index (χ1n) is 8.72. The predicted molar refractivity (Wildman–Crippen MR) is 101 cm³/mol. The Hall–Kier alpha value is -3.15. The van der Waals surface area contributed by atoms with Crippen molar-refractivity contribution in [1.29, 1.82) is 0 Å². The second-order valence-corrected chi connectivity index (χ2v) is 5.81. The number of benzene rings is 2. The van der Waals surface area contributed by atoms with Crippen LogP contribution in [0.5, 0.6) is 17.2 Å². The molecule has 0 spiro atoms. The maximum Gasteiger partial charge on any atom is 0.374 e. The Morgan fingerprint density at radius 3 is 2.37 bits per heavy atom. The van der Waals surface area contributed by atoms with Gasteiger partial charge in [-0.15, -0.1) is 0 Å². The molecule has 0 aliphatic carbocycles. The SMILES string of the molecule is CCOc1ccc2oc(C(=O)OCCOc3ccc(OC)cc3)c(C)c2c1. The number of aryl methyl sites for hydroxylation is 1. The van der Waals surface area contributed by atoms with E-state index in [1.54, 1.807) is 37.4 Å². The molecule has 0 amide bonds. The third kappa shape index (κ3) is 4.34. The minimum atomic E-state index is -0.514. The van der Waals surface area contributed by atoms with Gasteiger partial charge in [0.2, 0.25) is 5.76 Å². The van der Waals surface area contributed by atoms with Crippen molar-refractivity contribution in [2.75, 3.05) is 26.9 Å². The molecule has 0 saturated carbocycles. The van der Waals surface area contributed by atoms with Gasteiger partial charge in [0.1, 0.15) is 36.0 Å². The van der Waals surface area contributed by atoms with Crippen LogP contribution in [0.3, 0.4) is 0 Å². The van der Waals surface area contributed by atoms with Crippen molar-refractivity contribution in [2.24, 2.45) is 0 Å². The minimum Gasteiger partial charge on any atom is -0.497 e. The number of fused-ring (bicyclic) bond motifs is 1. The van der Waals surface area contributed by atoms with E-state index >= 15 is 0 Å². The number of hydrogen-bond acceptors (Lipinski definition) is 6. The van der Waals surface area contributed by atoms with Gasteiger partial charge in [0, 0.05) is 10.9 Å². The lowest BCUT2D eigenvalue weighted by Gasteiger charge is -2.07. The largest absolute Gasteiger partial charge is 0.497 e. The summed E-state index contributed by atoms with van der Waals surface area (Å²) < 4.78 is 27.0. The molecule has 6 nitrogen and oxygen atoms in total. The normalized spacial score (nSPS) is 10.6. The lowest BCUT2D eigenvalue weighted by molar-refractivity contribution is 0.0416. The summed E-state index contributed by atoms with van der Waals surface area (Å²) in [6, 6.07) is 12.6. The van der Waals surface area contributed by atoms with Crippen LogP contribution in [0.15, 0.2) is 46.9 Å². The molecule has 0 atom stereocenters. The van der Waals surface area contributed by atoms with E-state index in [1.165, 1.54) is 0 Å². The van der Waals surface area contributed by atoms with Crippen LogP contribution in [0.1, 0.15) is 23.0 Å². The molecule has 3 rings (SSSR count). The molecule has 0 bridgehead atoms. The number of ether oxygens (including phenoxy) is 4. The minimum absolute atomic E-state index is 0.117. The maximum absolute atomic E-state index is 12.3. The highest BCUT2D eigenvalue weighted by atomic mass is 16.6. The van der Waals surface area contributed by atoms with Crippen LogP contribution in [-0.4, -0.2) is 32.9 Å². The summed E-state index contributed by atoms with van der Waals surface area (Å²) in [6.45, 7) is 4.68. The average Bonchev–Trinajstić information content (AvgIpc) is 3.02. The summed E-state index contributed by atoms with van der Waals surface area (Å²) >= 11 is 0. The van der Waals surface area contributed by atoms with E-state index in [1.807, 2.05) is 26.0 Å². The van der Waals surface area contributed by atoms with Crippen LogP contribution in [0.25, 0.3) is 11.0 Å². The first-order valence-corrected chi connectivity index (χ1v) is 8.72. The third-order valence-electron chi connectivity index (χ3n) is 4.05. The fourth-order valence-corrected chi connectivity index (χ4v) is 2.68. The van der Waals surface area contributed by atoms with Crippen LogP contribution in [0.2, 0.25) is 0 Å². The zero-order valence-corrected chi connectivity index (χ0v) is 15.6. The Labute approximate surface area is 157 Å². The van der Waals surface area contributed by atoms with Crippen molar-refractivity contribution in [1.82, 2.24) is 0 Å². The molecule has 0 saturated heterocycles. The van der Waals surface area contributed by atoms with Gasteiger partial charge in [-0.05, 0) is 56.3 Å². The van der Waals surface area contributed by atoms with Crippen molar-refractivity contribution in [2.45, 2.75) is 13.8 Å².